The van der Waals surface area contributed by atoms with Gasteiger partial charge >= 0.3 is 6.09 Å². The highest BCUT2D eigenvalue weighted by atomic mass is 16.5. The van der Waals surface area contributed by atoms with Gasteiger partial charge in [0.1, 0.15) is 6.10 Å². The minimum Gasteiger partial charge on any atom is -0.465 e. The number of rotatable bonds is 2. The second kappa shape index (κ2) is 5.18. The molecule has 5 heteroatoms. The number of nitrogens with zero attached hydrogens (tertiary/aromatic N) is 1. The van der Waals surface area contributed by atoms with Gasteiger partial charge in [-0.1, -0.05) is 37.3 Å². The van der Waals surface area contributed by atoms with Gasteiger partial charge in [-0.05, 0) is 12.0 Å². The second-order valence-corrected chi connectivity index (χ2v) is 4.15. The molecule has 5 nitrogen and oxygen atoms in total. The van der Waals surface area contributed by atoms with E-state index in [0.717, 1.165) is 10.5 Å². The lowest BCUT2D eigenvalue weighted by molar-refractivity contribution is -0.156. The predicted octanol–water partition coefficient (Wildman–Crippen LogP) is 2.04. The SMILES string of the molecule is CCC1OCC(c2ccccc2)N(C(=O)O)C1=O. The molecular weight excluding hydrogens is 234 g/mol. The molecule has 2 rings (SSSR count). The van der Waals surface area contributed by atoms with Crippen molar-refractivity contribution in [2.24, 2.45) is 0 Å². The zero-order valence-corrected chi connectivity index (χ0v) is 10.1. The summed E-state index contributed by atoms with van der Waals surface area (Å²) in [6.07, 6.45) is -1.40. The molecule has 0 aliphatic carbocycles. The van der Waals surface area contributed by atoms with Crippen LogP contribution in [0.4, 0.5) is 4.79 Å². The zero-order valence-electron chi connectivity index (χ0n) is 10.1. The molecule has 0 saturated carbocycles. The Labute approximate surface area is 105 Å². The molecule has 0 radical (unpaired) electrons. The van der Waals surface area contributed by atoms with Gasteiger partial charge in [0.05, 0.1) is 12.6 Å². The van der Waals surface area contributed by atoms with Crippen LogP contribution in [0.15, 0.2) is 30.3 Å². The molecule has 1 aromatic carbocycles. The molecule has 2 unspecified atom stereocenters. The number of carbonyl (C=O) groups excluding carboxylic acids is 1. The predicted molar refractivity (Wildman–Crippen MR) is 64.1 cm³/mol. The maximum Gasteiger partial charge on any atom is 0.414 e. The highest BCUT2D eigenvalue weighted by molar-refractivity contribution is 5.94. The van der Waals surface area contributed by atoms with E-state index in [-0.39, 0.29) is 6.61 Å². The number of hydrogen-bond acceptors (Lipinski definition) is 3. The summed E-state index contributed by atoms with van der Waals surface area (Å²) >= 11 is 0. The molecule has 0 bridgehead atoms. The number of imide groups is 1. The van der Waals surface area contributed by atoms with Gasteiger partial charge in [0.25, 0.3) is 5.91 Å². The molecule has 18 heavy (non-hydrogen) atoms. The van der Waals surface area contributed by atoms with E-state index in [1.807, 2.05) is 18.2 Å². The summed E-state index contributed by atoms with van der Waals surface area (Å²) in [6.45, 7) is 2.01. The van der Waals surface area contributed by atoms with Gasteiger partial charge in [-0.3, -0.25) is 4.79 Å². The van der Waals surface area contributed by atoms with Crippen LogP contribution in [0.25, 0.3) is 0 Å². The van der Waals surface area contributed by atoms with Crippen LogP contribution in [0, 0.1) is 0 Å². The first-order chi connectivity index (χ1) is 8.65. The van der Waals surface area contributed by atoms with Gasteiger partial charge in [0.15, 0.2) is 0 Å². The number of carboxylic acid groups (broad SMARTS) is 1. The van der Waals surface area contributed by atoms with E-state index in [9.17, 15) is 14.7 Å². The van der Waals surface area contributed by atoms with Crippen LogP contribution in [0.3, 0.4) is 0 Å². The van der Waals surface area contributed by atoms with Crippen molar-refractivity contribution in [1.29, 1.82) is 0 Å². The number of carbonyl (C=O) groups is 2. The summed E-state index contributed by atoms with van der Waals surface area (Å²) in [5, 5.41) is 9.20. The molecular formula is C13H15NO4. The highest BCUT2D eigenvalue weighted by Crippen LogP contribution is 2.27. The standard InChI is InChI=1S/C13H15NO4/c1-2-11-12(15)14(13(16)17)10(8-18-11)9-6-4-3-5-7-9/h3-7,10-11H,2,8H2,1H3,(H,16,17). The van der Waals surface area contributed by atoms with Gasteiger partial charge in [-0.2, -0.15) is 0 Å². The lowest BCUT2D eigenvalue weighted by Gasteiger charge is -2.36. The fraction of sp³-hybridized carbons (Fsp3) is 0.385. The molecule has 1 saturated heterocycles. The fourth-order valence-electron chi connectivity index (χ4n) is 2.10. The van der Waals surface area contributed by atoms with Crippen LogP contribution in [0.2, 0.25) is 0 Å². The maximum absolute atomic E-state index is 12.0. The molecule has 1 aliphatic heterocycles. The van der Waals surface area contributed by atoms with E-state index < -0.39 is 24.1 Å². The van der Waals surface area contributed by atoms with Crippen molar-refractivity contribution in [3.63, 3.8) is 0 Å². The minimum atomic E-state index is -1.23. The van der Waals surface area contributed by atoms with Crippen molar-refractivity contribution < 1.29 is 19.4 Å². The van der Waals surface area contributed by atoms with Gasteiger partial charge in [-0.25, -0.2) is 9.69 Å². The zero-order chi connectivity index (χ0) is 13.1. The van der Waals surface area contributed by atoms with Gasteiger partial charge in [-0.15, -0.1) is 0 Å². The summed E-state index contributed by atoms with van der Waals surface area (Å²) < 4.78 is 5.43. The molecule has 1 aromatic rings. The Morgan fingerprint density at radius 3 is 2.67 bits per heavy atom. The van der Waals surface area contributed by atoms with Crippen molar-refractivity contribution in [3.8, 4) is 0 Å². The first-order valence-corrected chi connectivity index (χ1v) is 5.87. The Morgan fingerprint density at radius 1 is 1.44 bits per heavy atom. The quantitative estimate of drug-likeness (QED) is 0.871. The summed E-state index contributed by atoms with van der Waals surface area (Å²) in [5.74, 6) is -0.481. The van der Waals surface area contributed by atoms with Gasteiger partial charge in [0.2, 0.25) is 0 Å². The van der Waals surface area contributed by atoms with Crippen molar-refractivity contribution in [3.05, 3.63) is 35.9 Å². The third-order valence-corrected chi connectivity index (χ3v) is 3.04. The van der Waals surface area contributed by atoms with Crippen LogP contribution >= 0.6 is 0 Å². The van der Waals surface area contributed by atoms with E-state index in [1.54, 1.807) is 19.1 Å². The van der Waals surface area contributed by atoms with Gasteiger partial charge < -0.3 is 9.84 Å². The number of ether oxygens (including phenoxy) is 1. The lowest BCUT2D eigenvalue weighted by atomic mass is 10.0. The summed E-state index contributed by atoms with van der Waals surface area (Å²) in [5.41, 5.74) is 0.766. The monoisotopic (exact) mass is 249 g/mol. The second-order valence-electron chi connectivity index (χ2n) is 4.15. The van der Waals surface area contributed by atoms with Crippen molar-refractivity contribution in [1.82, 2.24) is 4.90 Å². The number of amides is 2. The first-order valence-electron chi connectivity index (χ1n) is 5.87. The van der Waals surface area contributed by atoms with Gasteiger partial charge in [0, 0.05) is 0 Å². The number of morpholine rings is 1. The third-order valence-electron chi connectivity index (χ3n) is 3.04. The van der Waals surface area contributed by atoms with Crippen LogP contribution < -0.4 is 0 Å². The van der Waals surface area contributed by atoms with E-state index in [4.69, 9.17) is 4.74 Å². The summed E-state index contributed by atoms with van der Waals surface area (Å²) in [6, 6.07) is 8.50. The lowest BCUT2D eigenvalue weighted by Crippen LogP contribution is -2.51. The Hall–Kier alpha value is -1.88. The molecule has 1 N–H and O–H groups in total. The Morgan fingerprint density at radius 2 is 2.11 bits per heavy atom. The van der Waals surface area contributed by atoms with E-state index in [0.29, 0.717) is 6.42 Å². The maximum atomic E-state index is 12.0. The first kappa shape index (κ1) is 12.6. The van der Waals surface area contributed by atoms with Crippen molar-refractivity contribution >= 4 is 12.0 Å². The average Bonchev–Trinajstić information content (AvgIpc) is 2.39. The minimum absolute atomic E-state index is 0.209. The van der Waals surface area contributed by atoms with Crippen LogP contribution in [0.5, 0.6) is 0 Å². The van der Waals surface area contributed by atoms with E-state index >= 15 is 0 Å². The Balaban J connectivity index is 2.31. The molecule has 0 spiro atoms. The van der Waals surface area contributed by atoms with Crippen molar-refractivity contribution in [2.75, 3.05) is 6.61 Å². The summed E-state index contributed by atoms with van der Waals surface area (Å²) in [7, 11) is 0. The topological polar surface area (TPSA) is 66.8 Å². The van der Waals surface area contributed by atoms with Crippen LogP contribution in [-0.2, 0) is 9.53 Å². The van der Waals surface area contributed by atoms with E-state index in [2.05, 4.69) is 0 Å². The number of benzene rings is 1. The third kappa shape index (κ3) is 2.22. The molecule has 0 aromatic heterocycles. The Kier molecular flexibility index (Phi) is 3.62. The van der Waals surface area contributed by atoms with Crippen LogP contribution in [-0.4, -0.2) is 34.7 Å². The normalized spacial score (nSPS) is 24.1. The van der Waals surface area contributed by atoms with E-state index in [1.165, 1.54) is 0 Å². The molecule has 1 fully saturated rings. The molecule has 1 heterocycles. The molecule has 1 aliphatic rings. The fourth-order valence-corrected chi connectivity index (χ4v) is 2.10. The Bertz CT molecular complexity index is 446. The van der Waals surface area contributed by atoms with Crippen molar-refractivity contribution in [2.45, 2.75) is 25.5 Å². The largest absolute Gasteiger partial charge is 0.465 e. The highest BCUT2D eigenvalue weighted by Gasteiger charge is 2.39. The smallest absolute Gasteiger partial charge is 0.414 e. The number of hydrogen-bond donors (Lipinski definition) is 1. The molecule has 2 atom stereocenters. The molecule has 2 amide bonds. The van der Waals surface area contributed by atoms with Crippen LogP contribution in [0.1, 0.15) is 24.9 Å². The average molecular weight is 249 g/mol. The summed E-state index contributed by atoms with van der Waals surface area (Å²) in [4.78, 5) is 24.1. The molecule has 96 valence electrons.